The molecule has 3 heterocycles. The second-order valence-electron chi connectivity index (χ2n) is 9.02. The van der Waals surface area contributed by atoms with Crippen LogP contribution in [0.5, 0.6) is 0 Å². The monoisotopic (exact) mass is 499 g/mol. The molecule has 2 saturated heterocycles. The summed E-state index contributed by atoms with van der Waals surface area (Å²) in [4.78, 5) is 12.9. The van der Waals surface area contributed by atoms with E-state index in [0.717, 1.165) is 43.4 Å². The van der Waals surface area contributed by atoms with Gasteiger partial charge in [-0.2, -0.15) is 13.2 Å². The number of hydrogen-bond donors (Lipinski definition) is 2. The highest BCUT2D eigenvalue weighted by molar-refractivity contribution is 5.69. The number of ether oxygens (including phenoxy) is 1. The molecule has 1 aromatic heterocycles. The van der Waals surface area contributed by atoms with Gasteiger partial charge in [0.05, 0.1) is 30.6 Å². The van der Waals surface area contributed by atoms with Crippen LogP contribution in [0, 0.1) is 0 Å². The van der Waals surface area contributed by atoms with Crippen LogP contribution in [0.4, 0.5) is 36.2 Å². The average Bonchev–Trinajstić information content (AvgIpc) is 2.90. The van der Waals surface area contributed by atoms with Gasteiger partial charge in [0.15, 0.2) is 0 Å². The van der Waals surface area contributed by atoms with Crippen molar-refractivity contribution in [3.05, 3.63) is 60.3 Å². The highest BCUT2D eigenvalue weighted by atomic mass is 19.4. The van der Waals surface area contributed by atoms with Crippen molar-refractivity contribution in [1.29, 1.82) is 0 Å². The summed E-state index contributed by atoms with van der Waals surface area (Å²) in [5.41, 5.74) is 2.40. The molecule has 2 N–H and O–H groups in total. The number of alkyl halides is 3. The maximum atomic E-state index is 13.7. The molecule has 2 aliphatic rings. The van der Waals surface area contributed by atoms with Crippen LogP contribution in [0.3, 0.4) is 0 Å². The first-order valence-corrected chi connectivity index (χ1v) is 12.0. The first-order chi connectivity index (χ1) is 17.3. The Kier molecular flexibility index (Phi) is 6.97. The molecule has 10 heteroatoms. The molecule has 0 saturated carbocycles. The molecule has 0 aliphatic carbocycles. The van der Waals surface area contributed by atoms with Gasteiger partial charge in [-0.05, 0) is 61.4 Å². The van der Waals surface area contributed by atoms with Gasteiger partial charge in [0.2, 0.25) is 5.95 Å². The largest absolute Gasteiger partial charge is 0.416 e. The lowest BCUT2D eigenvalue weighted by molar-refractivity contribution is -0.137. The Hall–Kier alpha value is -3.37. The average molecular weight is 500 g/mol. The first-order valence-electron chi connectivity index (χ1n) is 12.0. The third kappa shape index (κ3) is 5.71. The zero-order valence-electron chi connectivity index (χ0n) is 19.7. The van der Waals surface area contributed by atoms with E-state index < -0.39 is 11.7 Å². The molecular formula is C26H28F3N5O2. The van der Waals surface area contributed by atoms with Crippen LogP contribution < -0.4 is 15.1 Å². The van der Waals surface area contributed by atoms with E-state index in [2.05, 4.69) is 20.2 Å². The highest BCUT2D eigenvalue weighted by Crippen LogP contribution is 2.36. The quantitative estimate of drug-likeness (QED) is 0.527. The Morgan fingerprint density at radius 2 is 1.58 bits per heavy atom. The van der Waals surface area contributed by atoms with Gasteiger partial charge >= 0.3 is 6.18 Å². The van der Waals surface area contributed by atoms with Crippen LogP contribution in [0.2, 0.25) is 0 Å². The third-order valence-electron chi connectivity index (χ3n) is 6.53. The fraction of sp³-hybridized carbons (Fsp3) is 0.385. The molecule has 2 aromatic carbocycles. The predicted octanol–water partition coefficient (Wildman–Crippen LogP) is 4.70. The zero-order valence-corrected chi connectivity index (χ0v) is 19.7. The topological polar surface area (TPSA) is 73.8 Å². The number of morpholine rings is 1. The van der Waals surface area contributed by atoms with Gasteiger partial charge in [0, 0.05) is 55.0 Å². The molecule has 0 radical (unpaired) electrons. The minimum absolute atomic E-state index is 0.228. The lowest BCUT2D eigenvalue weighted by Crippen LogP contribution is -2.36. The molecule has 7 nitrogen and oxygen atoms in total. The maximum Gasteiger partial charge on any atom is 0.416 e. The van der Waals surface area contributed by atoms with Gasteiger partial charge in [-0.15, -0.1) is 0 Å². The molecule has 36 heavy (non-hydrogen) atoms. The Morgan fingerprint density at radius 1 is 0.889 bits per heavy atom. The Labute approximate surface area is 207 Å². The molecule has 190 valence electrons. The first kappa shape index (κ1) is 24.3. The van der Waals surface area contributed by atoms with Gasteiger partial charge in [-0.25, -0.2) is 9.97 Å². The number of piperidine rings is 1. The predicted molar refractivity (Wildman–Crippen MR) is 133 cm³/mol. The van der Waals surface area contributed by atoms with Crippen LogP contribution in [0.1, 0.15) is 18.4 Å². The van der Waals surface area contributed by atoms with E-state index in [0.29, 0.717) is 49.2 Å². The summed E-state index contributed by atoms with van der Waals surface area (Å²) >= 11 is 0. The number of halogens is 3. The normalized spacial score (nSPS) is 17.3. The fourth-order valence-electron chi connectivity index (χ4n) is 4.52. The Balaban J connectivity index is 1.37. The fourth-order valence-corrected chi connectivity index (χ4v) is 4.52. The van der Waals surface area contributed by atoms with Gasteiger partial charge in [0.25, 0.3) is 0 Å². The summed E-state index contributed by atoms with van der Waals surface area (Å²) in [6, 6.07) is 13.5. The van der Waals surface area contributed by atoms with Gasteiger partial charge in [0.1, 0.15) is 0 Å². The molecule has 0 atom stereocenters. The number of rotatable bonds is 5. The van der Waals surface area contributed by atoms with E-state index in [1.807, 2.05) is 29.2 Å². The molecule has 3 aromatic rings. The van der Waals surface area contributed by atoms with Crippen LogP contribution >= 0.6 is 0 Å². The van der Waals surface area contributed by atoms with E-state index in [9.17, 15) is 18.3 Å². The van der Waals surface area contributed by atoms with Crippen molar-refractivity contribution < 1.29 is 23.0 Å². The number of nitrogens with zero attached hydrogens (tertiary/aromatic N) is 4. The molecular weight excluding hydrogens is 471 g/mol. The third-order valence-corrected chi connectivity index (χ3v) is 6.53. The number of aliphatic hydroxyl groups excluding tert-OH is 1. The van der Waals surface area contributed by atoms with E-state index in [1.165, 1.54) is 12.3 Å². The van der Waals surface area contributed by atoms with Crippen molar-refractivity contribution in [3.8, 4) is 11.3 Å². The van der Waals surface area contributed by atoms with Crippen molar-refractivity contribution in [2.75, 3.05) is 54.5 Å². The molecule has 0 spiro atoms. The van der Waals surface area contributed by atoms with Crippen LogP contribution in [0.25, 0.3) is 11.3 Å². The number of anilines is 4. The van der Waals surface area contributed by atoms with Gasteiger partial charge < -0.3 is 25.0 Å². The Bertz CT molecular complexity index is 1170. The van der Waals surface area contributed by atoms with Crippen molar-refractivity contribution in [3.63, 3.8) is 0 Å². The van der Waals surface area contributed by atoms with Gasteiger partial charge in [-0.1, -0.05) is 0 Å². The summed E-state index contributed by atoms with van der Waals surface area (Å²) < 4.78 is 46.4. The number of aromatic nitrogens is 2. The second kappa shape index (κ2) is 10.3. The standard InChI is InChI=1S/C26H28F3N5O2/c27-26(28,29)19-15-18(16-22(17-19)34-11-13-36-14-12-34)24-5-8-30-25(32-24)31-20-1-3-21(4-2-20)33-9-6-23(35)7-10-33/h1-5,8,15-17,23,35H,6-7,9-14H2,(H,30,31,32). The van der Waals surface area contributed by atoms with E-state index in [-0.39, 0.29) is 6.10 Å². The molecule has 0 unspecified atom stereocenters. The summed E-state index contributed by atoms with van der Waals surface area (Å²) in [6.45, 7) is 3.64. The molecule has 0 bridgehead atoms. The van der Waals surface area contributed by atoms with E-state index in [1.54, 1.807) is 12.1 Å². The van der Waals surface area contributed by atoms with Crippen LogP contribution in [-0.2, 0) is 10.9 Å². The maximum absolute atomic E-state index is 13.7. The molecule has 2 fully saturated rings. The number of hydrogen-bond acceptors (Lipinski definition) is 7. The number of nitrogens with one attached hydrogen (secondary N) is 1. The summed E-state index contributed by atoms with van der Waals surface area (Å²) in [5.74, 6) is 0.298. The molecule has 2 aliphatic heterocycles. The minimum Gasteiger partial charge on any atom is -0.393 e. The second-order valence-corrected chi connectivity index (χ2v) is 9.02. The summed E-state index contributed by atoms with van der Waals surface area (Å²) in [7, 11) is 0. The van der Waals surface area contributed by atoms with Crippen LogP contribution in [0.15, 0.2) is 54.7 Å². The van der Waals surface area contributed by atoms with Crippen molar-refractivity contribution >= 4 is 23.0 Å². The smallest absolute Gasteiger partial charge is 0.393 e. The molecule has 0 amide bonds. The van der Waals surface area contributed by atoms with E-state index >= 15 is 0 Å². The number of aliphatic hydroxyl groups is 1. The summed E-state index contributed by atoms with van der Waals surface area (Å²) in [6.07, 6.45) is -1.66. The number of benzene rings is 2. The SMILES string of the molecule is OC1CCN(c2ccc(Nc3nccc(-c4cc(N5CCOCC5)cc(C(F)(F)F)c4)n3)cc2)CC1. The lowest BCUT2D eigenvalue weighted by Gasteiger charge is -2.31. The zero-order chi connectivity index (χ0) is 25.1. The van der Waals surface area contributed by atoms with Gasteiger partial charge in [-0.3, -0.25) is 0 Å². The summed E-state index contributed by atoms with van der Waals surface area (Å²) in [5, 5.41) is 12.9. The lowest BCUT2D eigenvalue weighted by atomic mass is 10.0. The highest BCUT2D eigenvalue weighted by Gasteiger charge is 2.32. The Morgan fingerprint density at radius 3 is 2.28 bits per heavy atom. The van der Waals surface area contributed by atoms with Crippen LogP contribution in [-0.4, -0.2) is 60.6 Å². The van der Waals surface area contributed by atoms with Crippen molar-refractivity contribution in [2.24, 2.45) is 0 Å². The molecule has 5 rings (SSSR count). The van der Waals surface area contributed by atoms with Crippen molar-refractivity contribution in [1.82, 2.24) is 9.97 Å². The minimum atomic E-state index is -4.47. The van der Waals surface area contributed by atoms with Crippen molar-refractivity contribution in [2.45, 2.75) is 25.1 Å². The van der Waals surface area contributed by atoms with E-state index in [4.69, 9.17) is 4.74 Å².